The molecule has 1 aliphatic rings. The van der Waals surface area contributed by atoms with Gasteiger partial charge in [0.1, 0.15) is 0 Å². The SMILES string of the molecule is C#CC=CCC(Cl)C1CCC(=O)C=CC(CC)O1. The quantitative estimate of drug-likeness (QED) is 0.577. The lowest BCUT2D eigenvalue weighted by Gasteiger charge is -2.26. The maximum atomic E-state index is 11.5. The van der Waals surface area contributed by atoms with Gasteiger partial charge in [-0.05, 0) is 31.4 Å². The smallest absolute Gasteiger partial charge is 0.155 e. The Labute approximate surface area is 114 Å². The molecule has 0 fully saturated rings. The molecule has 3 heteroatoms. The monoisotopic (exact) mass is 266 g/mol. The molecule has 3 unspecified atom stereocenters. The van der Waals surface area contributed by atoms with Crippen LogP contribution in [0.15, 0.2) is 24.3 Å². The summed E-state index contributed by atoms with van der Waals surface area (Å²) in [6.45, 7) is 2.03. The Kier molecular flexibility index (Phi) is 6.78. The average Bonchev–Trinajstić information content (AvgIpc) is 2.35. The van der Waals surface area contributed by atoms with Crippen LogP contribution in [0.5, 0.6) is 0 Å². The van der Waals surface area contributed by atoms with Crippen LogP contribution in [0.3, 0.4) is 0 Å². The van der Waals surface area contributed by atoms with E-state index in [1.165, 1.54) is 0 Å². The maximum absolute atomic E-state index is 11.5. The van der Waals surface area contributed by atoms with Crippen molar-refractivity contribution in [2.75, 3.05) is 0 Å². The molecule has 98 valence electrons. The summed E-state index contributed by atoms with van der Waals surface area (Å²) in [6.07, 6.45) is 14.6. The van der Waals surface area contributed by atoms with Gasteiger partial charge in [0.2, 0.25) is 0 Å². The van der Waals surface area contributed by atoms with Crippen molar-refractivity contribution in [1.82, 2.24) is 0 Å². The van der Waals surface area contributed by atoms with Gasteiger partial charge < -0.3 is 4.74 Å². The van der Waals surface area contributed by atoms with Crippen molar-refractivity contribution >= 4 is 17.4 Å². The van der Waals surface area contributed by atoms with Gasteiger partial charge in [-0.25, -0.2) is 0 Å². The van der Waals surface area contributed by atoms with Crippen LogP contribution in [0.25, 0.3) is 0 Å². The summed E-state index contributed by atoms with van der Waals surface area (Å²) in [4.78, 5) is 11.5. The summed E-state index contributed by atoms with van der Waals surface area (Å²) in [5.74, 6) is 2.57. The van der Waals surface area contributed by atoms with E-state index in [1.54, 1.807) is 12.2 Å². The molecule has 1 rings (SSSR count). The lowest BCUT2D eigenvalue weighted by molar-refractivity contribution is -0.116. The number of ether oxygens (including phenoxy) is 1. The average molecular weight is 267 g/mol. The molecule has 0 aromatic rings. The van der Waals surface area contributed by atoms with Crippen LogP contribution in [0.1, 0.15) is 32.6 Å². The van der Waals surface area contributed by atoms with E-state index in [0.717, 1.165) is 6.42 Å². The van der Waals surface area contributed by atoms with Crippen LogP contribution in [0.4, 0.5) is 0 Å². The van der Waals surface area contributed by atoms with Gasteiger partial charge in [0.05, 0.1) is 17.6 Å². The Morgan fingerprint density at radius 3 is 3.17 bits per heavy atom. The topological polar surface area (TPSA) is 26.3 Å². The second-order valence-electron chi connectivity index (χ2n) is 4.31. The number of terminal acetylenes is 1. The largest absolute Gasteiger partial charge is 0.369 e. The van der Waals surface area contributed by atoms with Gasteiger partial charge >= 0.3 is 0 Å². The number of hydrogen-bond donors (Lipinski definition) is 0. The molecule has 1 heterocycles. The first-order valence-corrected chi connectivity index (χ1v) is 6.72. The third-order valence-electron chi connectivity index (χ3n) is 2.90. The first-order valence-electron chi connectivity index (χ1n) is 6.29. The molecular weight excluding hydrogens is 248 g/mol. The fourth-order valence-corrected chi connectivity index (χ4v) is 2.12. The Balaban J connectivity index is 2.63. The third-order valence-corrected chi connectivity index (χ3v) is 3.36. The Hall–Kier alpha value is -1.04. The van der Waals surface area contributed by atoms with E-state index in [4.69, 9.17) is 22.8 Å². The number of hydrogen-bond acceptors (Lipinski definition) is 2. The molecule has 0 saturated heterocycles. The van der Waals surface area contributed by atoms with Crippen molar-refractivity contribution in [3.8, 4) is 12.3 Å². The number of alkyl halides is 1. The normalized spacial score (nSPS) is 26.6. The van der Waals surface area contributed by atoms with Crippen LogP contribution >= 0.6 is 11.6 Å². The Morgan fingerprint density at radius 2 is 2.50 bits per heavy atom. The molecule has 0 aliphatic carbocycles. The zero-order valence-electron chi connectivity index (χ0n) is 10.6. The highest BCUT2D eigenvalue weighted by molar-refractivity contribution is 6.21. The summed E-state index contributed by atoms with van der Waals surface area (Å²) < 4.78 is 5.92. The summed E-state index contributed by atoms with van der Waals surface area (Å²) >= 11 is 6.31. The van der Waals surface area contributed by atoms with Gasteiger partial charge in [-0.3, -0.25) is 4.79 Å². The van der Waals surface area contributed by atoms with Gasteiger partial charge in [-0.15, -0.1) is 18.0 Å². The number of carbonyl (C=O) groups is 1. The molecule has 18 heavy (non-hydrogen) atoms. The predicted octanol–water partition coefficient (Wildman–Crippen LogP) is 3.26. The molecule has 0 radical (unpaired) electrons. The highest BCUT2D eigenvalue weighted by Gasteiger charge is 2.23. The molecule has 0 bridgehead atoms. The molecule has 0 amide bonds. The molecule has 1 aliphatic heterocycles. The van der Waals surface area contributed by atoms with Crippen LogP contribution in [0, 0.1) is 12.3 Å². The highest BCUT2D eigenvalue weighted by Crippen LogP contribution is 2.22. The van der Waals surface area contributed by atoms with Gasteiger partial charge in [0.15, 0.2) is 5.78 Å². The molecule has 0 N–H and O–H groups in total. The maximum Gasteiger partial charge on any atom is 0.155 e. The van der Waals surface area contributed by atoms with E-state index in [0.29, 0.717) is 19.3 Å². The van der Waals surface area contributed by atoms with Gasteiger partial charge in [-0.1, -0.05) is 25.0 Å². The minimum Gasteiger partial charge on any atom is -0.369 e. The Morgan fingerprint density at radius 1 is 1.72 bits per heavy atom. The van der Waals surface area contributed by atoms with Gasteiger partial charge in [-0.2, -0.15) is 0 Å². The molecule has 0 aromatic heterocycles. The lowest BCUT2D eigenvalue weighted by atomic mass is 10.0. The zero-order chi connectivity index (χ0) is 13.4. The fraction of sp³-hybridized carbons (Fsp3) is 0.533. The molecule has 0 saturated carbocycles. The van der Waals surface area contributed by atoms with E-state index < -0.39 is 0 Å². The number of rotatable bonds is 4. The van der Waals surface area contributed by atoms with Crippen molar-refractivity contribution in [3.63, 3.8) is 0 Å². The minimum atomic E-state index is -0.150. The van der Waals surface area contributed by atoms with E-state index in [1.807, 2.05) is 19.1 Å². The zero-order valence-corrected chi connectivity index (χ0v) is 11.4. The molecule has 2 nitrogen and oxygen atoms in total. The lowest BCUT2D eigenvalue weighted by Crippen LogP contribution is -2.30. The molecule has 0 spiro atoms. The van der Waals surface area contributed by atoms with E-state index in [-0.39, 0.29) is 23.4 Å². The summed E-state index contributed by atoms with van der Waals surface area (Å²) in [6, 6.07) is 0. The van der Waals surface area contributed by atoms with Crippen molar-refractivity contribution in [3.05, 3.63) is 24.3 Å². The molecule has 3 atom stereocenters. The number of ketones is 1. The number of allylic oxidation sites excluding steroid dienone is 3. The van der Waals surface area contributed by atoms with E-state index >= 15 is 0 Å². The second-order valence-corrected chi connectivity index (χ2v) is 4.87. The van der Waals surface area contributed by atoms with Crippen LogP contribution in [-0.4, -0.2) is 23.4 Å². The van der Waals surface area contributed by atoms with Crippen molar-refractivity contribution in [2.24, 2.45) is 0 Å². The summed E-state index contributed by atoms with van der Waals surface area (Å²) in [7, 11) is 0. The fourth-order valence-electron chi connectivity index (χ4n) is 1.84. The van der Waals surface area contributed by atoms with Crippen LogP contribution < -0.4 is 0 Å². The van der Waals surface area contributed by atoms with Crippen molar-refractivity contribution in [2.45, 2.75) is 50.2 Å². The number of carbonyl (C=O) groups excluding carboxylic acids is 1. The standard InChI is InChI=1S/C15H19ClO2/c1-3-5-6-7-14(16)15-11-9-12(17)8-10-13(4-2)18-15/h1,5-6,8,10,13-15H,4,7,9,11H2,2H3. The molecule has 0 aromatic carbocycles. The first kappa shape index (κ1) is 15.0. The van der Waals surface area contributed by atoms with Crippen molar-refractivity contribution < 1.29 is 9.53 Å². The predicted molar refractivity (Wildman–Crippen MR) is 74.6 cm³/mol. The Bertz CT molecular complexity index is 365. The van der Waals surface area contributed by atoms with Crippen molar-refractivity contribution in [1.29, 1.82) is 0 Å². The second kappa shape index (κ2) is 8.13. The highest BCUT2D eigenvalue weighted by atomic mass is 35.5. The molecular formula is C15H19ClO2. The third kappa shape index (κ3) is 5.08. The van der Waals surface area contributed by atoms with Gasteiger partial charge in [0, 0.05) is 6.42 Å². The minimum absolute atomic E-state index is 0.0305. The van der Waals surface area contributed by atoms with Gasteiger partial charge in [0.25, 0.3) is 0 Å². The summed E-state index contributed by atoms with van der Waals surface area (Å²) in [5.41, 5.74) is 0. The van der Waals surface area contributed by atoms with Crippen LogP contribution in [-0.2, 0) is 9.53 Å². The summed E-state index contributed by atoms with van der Waals surface area (Å²) in [5, 5.41) is -0.150. The number of halogens is 1. The van der Waals surface area contributed by atoms with Crippen LogP contribution in [0.2, 0.25) is 0 Å². The van der Waals surface area contributed by atoms with E-state index in [9.17, 15) is 4.79 Å². The first-order chi connectivity index (χ1) is 8.67. The van der Waals surface area contributed by atoms with E-state index in [2.05, 4.69) is 5.92 Å².